The molecular weight excluding hydrogens is 312 g/mol. The molecule has 2 rings (SSSR count). The van der Waals surface area contributed by atoms with E-state index in [9.17, 15) is 8.42 Å². The molecule has 0 radical (unpaired) electrons. The fourth-order valence-corrected chi connectivity index (χ4v) is 3.20. The van der Waals surface area contributed by atoms with Gasteiger partial charge in [0.1, 0.15) is 4.90 Å². The van der Waals surface area contributed by atoms with Crippen molar-refractivity contribution in [3.05, 3.63) is 40.5 Å². The Labute approximate surface area is 127 Å². The summed E-state index contributed by atoms with van der Waals surface area (Å²) in [5, 5.41) is 15.4. The van der Waals surface area contributed by atoms with Gasteiger partial charge in [0, 0.05) is 11.8 Å². The van der Waals surface area contributed by atoms with E-state index in [1.54, 1.807) is 6.07 Å². The van der Waals surface area contributed by atoms with Gasteiger partial charge < -0.3 is 0 Å². The minimum absolute atomic E-state index is 0.0128. The molecule has 2 aromatic rings. The van der Waals surface area contributed by atoms with E-state index in [1.165, 1.54) is 18.2 Å². The van der Waals surface area contributed by atoms with E-state index in [2.05, 4.69) is 14.9 Å². The van der Waals surface area contributed by atoms with Crippen molar-refractivity contribution in [1.29, 1.82) is 5.26 Å². The molecule has 1 aromatic heterocycles. The van der Waals surface area contributed by atoms with Gasteiger partial charge in [-0.15, -0.1) is 0 Å². The van der Waals surface area contributed by atoms with Crippen molar-refractivity contribution in [3.8, 4) is 6.07 Å². The lowest BCUT2D eigenvalue weighted by Crippen LogP contribution is -2.13. The summed E-state index contributed by atoms with van der Waals surface area (Å²) < 4.78 is 26.9. The van der Waals surface area contributed by atoms with Crippen LogP contribution in [0.4, 0.5) is 5.82 Å². The predicted molar refractivity (Wildman–Crippen MR) is 79.7 cm³/mol. The predicted octanol–water partition coefficient (Wildman–Crippen LogP) is 2.86. The van der Waals surface area contributed by atoms with Gasteiger partial charge in [0.05, 0.1) is 16.7 Å². The minimum Gasteiger partial charge on any atom is -0.280 e. The highest BCUT2D eigenvalue weighted by Gasteiger charge is 2.20. The molecule has 0 aliphatic heterocycles. The Morgan fingerprint density at radius 3 is 2.62 bits per heavy atom. The van der Waals surface area contributed by atoms with Crippen LogP contribution < -0.4 is 4.72 Å². The Hall–Kier alpha value is -2.04. The number of aromatic amines is 1. The fourth-order valence-electron chi connectivity index (χ4n) is 1.67. The number of sulfonamides is 1. The molecule has 110 valence electrons. The van der Waals surface area contributed by atoms with Crippen LogP contribution in [0.3, 0.4) is 0 Å². The smallest absolute Gasteiger partial charge is 0.264 e. The highest BCUT2D eigenvalue weighted by molar-refractivity contribution is 7.92. The number of aromatic nitrogens is 2. The topological polar surface area (TPSA) is 98.6 Å². The maximum atomic E-state index is 12.3. The molecule has 0 aliphatic carbocycles. The Balaban J connectivity index is 2.32. The van der Waals surface area contributed by atoms with E-state index in [0.29, 0.717) is 5.56 Å². The second-order valence-electron chi connectivity index (χ2n) is 4.73. The van der Waals surface area contributed by atoms with Gasteiger partial charge in [-0.1, -0.05) is 25.4 Å². The molecule has 0 amide bonds. The molecule has 21 heavy (non-hydrogen) atoms. The number of nitrogens with one attached hydrogen (secondary N) is 2. The summed E-state index contributed by atoms with van der Waals surface area (Å²) in [4.78, 5) is -0.0998. The summed E-state index contributed by atoms with van der Waals surface area (Å²) in [5.74, 6) is 0.397. The lowest BCUT2D eigenvalue weighted by atomic mass is 10.1. The average molecular weight is 325 g/mol. The van der Waals surface area contributed by atoms with Gasteiger partial charge in [0.15, 0.2) is 5.82 Å². The Morgan fingerprint density at radius 1 is 1.38 bits per heavy atom. The number of benzene rings is 1. The third-order valence-electron chi connectivity index (χ3n) is 2.81. The van der Waals surface area contributed by atoms with Crippen LogP contribution in [0.2, 0.25) is 5.02 Å². The molecular formula is C13H13ClN4O2S. The first-order chi connectivity index (χ1) is 9.83. The van der Waals surface area contributed by atoms with Gasteiger partial charge in [0.25, 0.3) is 10.0 Å². The third-order valence-corrected chi connectivity index (χ3v) is 4.65. The van der Waals surface area contributed by atoms with E-state index < -0.39 is 10.0 Å². The normalized spacial score (nSPS) is 11.4. The Bertz CT molecular complexity index is 806. The molecule has 0 bridgehead atoms. The zero-order valence-electron chi connectivity index (χ0n) is 11.4. The molecule has 1 heterocycles. The van der Waals surface area contributed by atoms with Gasteiger partial charge in [-0.3, -0.25) is 9.82 Å². The van der Waals surface area contributed by atoms with Crippen molar-refractivity contribution >= 4 is 27.4 Å². The third kappa shape index (κ3) is 3.35. The summed E-state index contributed by atoms with van der Waals surface area (Å²) in [7, 11) is -3.86. The largest absolute Gasteiger partial charge is 0.280 e. The van der Waals surface area contributed by atoms with Crippen molar-refractivity contribution in [2.75, 3.05) is 4.72 Å². The molecule has 0 saturated carbocycles. The van der Waals surface area contributed by atoms with Crippen LogP contribution >= 0.6 is 11.6 Å². The summed E-state index contributed by atoms with van der Waals surface area (Å²) in [5.41, 5.74) is 1.11. The van der Waals surface area contributed by atoms with Crippen LogP contribution in [0.15, 0.2) is 29.2 Å². The molecule has 0 atom stereocenters. The molecule has 0 saturated heterocycles. The van der Waals surface area contributed by atoms with Gasteiger partial charge in [-0.05, 0) is 24.1 Å². The molecule has 8 heteroatoms. The van der Waals surface area contributed by atoms with Crippen LogP contribution in [0.5, 0.6) is 0 Å². The second-order valence-corrected chi connectivity index (χ2v) is 6.78. The van der Waals surface area contributed by atoms with E-state index in [0.717, 1.165) is 5.69 Å². The van der Waals surface area contributed by atoms with E-state index in [-0.39, 0.29) is 21.7 Å². The quantitative estimate of drug-likeness (QED) is 0.903. The first-order valence-electron chi connectivity index (χ1n) is 6.11. The molecule has 0 spiro atoms. The molecule has 0 unspecified atom stereocenters. The SMILES string of the molecule is CC(C)c1cc(NS(=O)(=O)c2ccc(C#N)cc2Cl)n[nH]1. The highest BCUT2D eigenvalue weighted by Crippen LogP contribution is 2.25. The first-order valence-corrected chi connectivity index (χ1v) is 7.97. The zero-order valence-corrected chi connectivity index (χ0v) is 13.0. The maximum absolute atomic E-state index is 12.3. The summed E-state index contributed by atoms with van der Waals surface area (Å²) in [6, 6.07) is 7.51. The minimum atomic E-state index is -3.86. The van der Waals surface area contributed by atoms with Crippen LogP contribution in [0.1, 0.15) is 31.0 Å². The number of nitrogens with zero attached hydrogens (tertiary/aromatic N) is 2. The lowest BCUT2D eigenvalue weighted by Gasteiger charge is -2.07. The monoisotopic (exact) mass is 324 g/mol. The lowest BCUT2D eigenvalue weighted by molar-refractivity contribution is 0.601. The summed E-state index contributed by atoms with van der Waals surface area (Å²) in [6.45, 7) is 3.92. The Morgan fingerprint density at radius 2 is 2.10 bits per heavy atom. The van der Waals surface area contributed by atoms with Gasteiger partial charge in [-0.25, -0.2) is 8.42 Å². The summed E-state index contributed by atoms with van der Waals surface area (Å²) in [6.07, 6.45) is 0. The van der Waals surface area contributed by atoms with Crippen molar-refractivity contribution in [1.82, 2.24) is 10.2 Å². The second kappa shape index (κ2) is 5.76. The number of hydrogen-bond acceptors (Lipinski definition) is 4. The molecule has 0 aliphatic rings. The van der Waals surface area contributed by atoms with E-state index in [1.807, 2.05) is 19.9 Å². The van der Waals surface area contributed by atoms with E-state index in [4.69, 9.17) is 16.9 Å². The number of anilines is 1. The fraction of sp³-hybridized carbons (Fsp3) is 0.231. The zero-order chi connectivity index (χ0) is 15.6. The van der Waals surface area contributed by atoms with Crippen molar-refractivity contribution < 1.29 is 8.42 Å². The van der Waals surface area contributed by atoms with Crippen LogP contribution in [0.25, 0.3) is 0 Å². The van der Waals surface area contributed by atoms with Crippen LogP contribution in [-0.4, -0.2) is 18.6 Å². The number of hydrogen-bond donors (Lipinski definition) is 2. The van der Waals surface area contributed by atoms with Crippen molar-refractivity contribution in [2.24, 2.45) is 0 Å². The number of nitriles is 1. The number of H-pyrrole nitrogens is 1. The maximum Gasteiger partial charge on any atom is 0.264 e. The number of halogens is 1. The molecule has 0 fully saturated rings. The molecule has 1 aromatic carbocycles. The molecule has 2 N–H and O–H groups in total. The van der Waals surface area contributed by atoms with Crippen molar-refractivity contribution in [3.63, 3.8) is 0 Å². The van der Waals surface area contributed by atoms with Crippen LogP contribution in [-0.2, 0) is 10.0 Å². The van der Waals surface area contributed by atoms with Gasteiger partial charge in [0.2, 0.25) is 0 Å². The van der Waals surface area contributed by atoms with Crippen molar-refractivity contribution in [2.45, 2.75) is 24.7 Å². The highest BCUT2D eigenvalue weighted by atomic mass is 35.5. The Kier molecular flexibility index (Phi) is 4.21. The van der Waals surface area contributed by atoms with E-state index >= 15 is 0 Å². The summed E-state index contributed by atoms with van der Waals surface area (Å²) >= 11 is 5.92. The molecule has 6 nitrogen and oxygen atoms in total. The first kappa shape index (κ1) is 15.4. The van der Waals surface area contributed by atoms with Gasteiger partial charge >= 0.3 is 0 Å². The van der Waals surface area contributed by atoms with Crippen LogP contribution in [0, 0.1) is 11.3 Å². The van der Waals surface area contributed by atoms with Gasteiger partial charge in [-0.2, -0.15) is 10.4 Å². The standard InChI is InChI=1S/C13H13ClN4O2S/c1-8(2)11-6-13(17-16-11)18-21(19,20)12-4-3-9(7-15)5-10(12)14/h3-6,8H,1-2H3,(H2,16,17,18). The number of rotatable bonds is 4. The average Bonchev–Trinajstić information content (AvgIpc) is 2.86.